The van der Waals surface area contributed by atoms with Gasteiger partial charge in [-0.1, -0.05) is 101 Å². The molecule has 2 fully saturated rings. The fourth-order valence-corrected chi connectivity index (χ4v) is 2.33. The Balaban J connectivity index is -0.0000000884. The predicted octanol–water partition coefficient (Wildman–Crippen LogP) is 7.81. The van der Waals surface area contributed by atoms with Gasteiger partial charge in [0.2, 0.25) is 5.91 Å². The van der Waals surface area contributed by atoms with Crippen molar-refractivity contribution in [2.24, 2.45) is 5.92 Å². The van der Waals surface area contributed by atoms with Crippen molar-refractivity contribution >= 4 is 18.3 Å². The molecule has 2 amide bonds. The number of aldehydes is 1. The Hall–Kier alpha value is -2.63. The van der Waals surface area contributed by atoms with E-state index in [2.05, 4.69) is 50.8 Å². The summed E-state index contributed by atoms with van der Waals surface area (Å²) in [5.41, 5.74) is -0.637. The predicted molar refractivity (Wildman–Crippen MR) is 189 cm³/mol. The average molecular weight is 616 g/mol. The third kappa shape index (κ3) is 52.5. The lowest BCUT2D eigenvalue weighted by atomic mass is 10.2. The van der Waals surface area contributed by atoms with E-state index in [-0.39, 0.29) is 19.5 Å². The minimum atomic E-state index is -0.694. The van der Waals surface area contributed by atoms with Gasteiger partial charge in [0.1, 0.15) is 18.4 Å². The van der Waals surface area contributed by atoms with Crippen LogP contribution >= 0.6 is 0 Å². The first kappa shape index (κ1) is 56.2. The number of ether oxygens (including phenoxy) is 1. The monoisotopic (exact) mass is 616 g/mol. The molecule has 1 saturated carbocycles. The maximum Gasteiger partial charge on any atom is 0.408 e. The molecular formula is C35H73N3O5. The highest BCUT2D eigenvalue weighted by Crippen LogP contribution is 2.17. The van der Waals surface area contributed by atoms with Crippen molar-refractivity contribution in [1.82, 2.24) is 15.5 Å². The van der Waals surface area contributed by atoms with Crippen molar-refractivity contribution in [2.45, 2.75) is 147 Å². The van der Waals surface area contributed by atoms with Crippen LogP contribution in [0.15, 0.2) is 24.8 Å². The molecule has 0 radical (unpaired) electrons. The van der Waals surface area contributed by atoms with E-state index in [1.54, 1.807) is 26.8 Å². The summed E-state index contributed by atoms with van der Waals surface area (Å²) < 4.78 is 4.99. The number of amides is 2. The SMILES string of the molecule is C#C.C=C/C=C\C.CC.CC.CC.CC.CC(C)(C)OC(=O)NCC(=O)N1C[C@@H](O)C[C@H]1C=O.CC(C)C.CNC1CC1. The van der Waals surface area contributed by atoms with Crippen LogP contribution in [-0.2, 0) is 14.3 Å². The van der Waals surface area contributed by atoms with Gasteiger partial charge in [0.25, 0.3) is 0 Å². The average Bonchev–Trinajstić information content (AvgIpc) is 3.77. The molecule has 0 bridgehead atoms. The topological polar surface area (TPSA) is 108 Å². The number of nitrogens with one attached hydrogen (secondary N) is 2. The molecular weight excluding hydrogens is 542 g/mol. The lowest BCUT2D eigenvalue weighted by Gasteiger charge is -2.22. The standard InChI is InChI=1S/C12H20N2O5.C5H8.C4H9N.C4H10.4C2H6.C2H2/c1-12(2,3)19-11(18)13-5-10(17)14-6-9(16)4-8(14)7-15;1-3-5-4-2;1-5-4-2-3-4;1-4(2)3;5*1-2/h7-9,16H,4-6H2,1-3H3,(H,13,18);3-5H,1H2,2H3;4-5H,2-3H2,1H3;4H,1-3H3;4*1-2H3;1-2H/b;5-4-;;;;;;;/t8-,9-;;;;;;;;/m0......../s1. The van der Waals surface area contributed by atoms with Crippen molar-refractivity contribution in [2.75, 3.05) is 20.1 Å². The summed E-state index contributed by atoms with van der Waals surface area (Å²) in [6.07, 6.45) is 15.9. The molecule has 0 aromatic rings. The Labute approximate surface area is 268 Å². The maximum atomic E-state index is 11.8. The zero-order valence-corrected chi connectivity index (χ0v) is 31.0. The van der Waals surface area contributed by atoms with E-state index in [1.165, 1.54) is 17.7 Å². The van der Waals surface area contributed by atoms with E-state index in [4.69, 9.17) is 4.74 Å². The largest absolute Gasteiger partial charge is 0.444 e. The Morgan fingerprint density at radius 2 is 1.44 bits per heavy atom. The first-order chi connectivity index (χ1) is 20.3. The summed E-state index contributed by atoms with van der Waals surface area (Å²) in [4.78, 5) is 35.2. The van der Waals surface area contributed by atoms with Gasteiger partial charge < -0.3 is 30.2 Å². The van der Waals surface area contributed by atoms with Gasteiger partial charge >= 0.3 is 6.09 Å². The molecule has 2 aliphatic rings. The summed E-state index contributed by atoms with van der Waals surface area (Å²) in [5.74, 6) is 0.416. The number of terminal acetylenes is 1. The Morgan fingerprint density at radius 1 is 1.02 bits per heavy atom. The van der Waals surface area contributed by atoms with Crippen molar-refractivity contribution < 1.29 is 24.2 Å². The normalized spacial score (nSPS) is 15.4. The summed E-state index contributed by atoms with van der Waals surface area (Å²) in [7, 11) is 2.01. The van der Waals surface area contributed by atoms with Gasteiger partial charge in [0.05, 0.1) is 12.1 Å². The smallest absolute Gasteiger partial charge is 0.408 e. The number of rotatable bonds is 5. The van der Waals surface area contributed by atoms with Crippen molar-refractivity contribution in [1.29, 1.82) is 0 Å². The number of likely N-dealkylation sites (tertiary alicyclic amines) is 1. The van der Waals surface area contributed by atoms with Crippen LogP contribution in [0.2, 0.25) is 0 Å². The molecule has 258 valence electrons. The number of aliphatic hydroxyl groups is 1. The van der Waals surface area contributed by atoms with Gasteiger partial charge in [-0.15, -0.1) is 12.8 Å². The van der Waals surface area contributed by atoms with Gasteiger partial charge in [0, 0.05) is 19.0 Å². The first-order valence-corrected chi connectivity index (χ1v) is 15.9. The van der Waals surface area contributed by atoms with Gasteiger partial charge in [-0.3, -0.25) is 4.79 Å². The zero-order chi connectivity index (χ0) is 36.0. The second kappa shape index (κ2) is 43.8. The van der Waals surface area contributed by atoms with Crippen LogP contribution in [0.25, 0.3) is 0 Å². The van der Waals surface area contributed by atoms with Gasteiger partial charge in [-0.2, -0.15) is 0 Å². The quantitative estimate of drug-likeness (QED) is 0.165. The molecule has 0 aromatic heterocycles. The molecule has 2 rings (SSSR count). The third-order valence-corrected chi connectivity index (χ3v) is 3.90. The number of allylic oxidation sites excluding steroid dienone is 3. The number of carbonyl (C=O) groups excluding carboxylic acids is 3. The van der Waals surface area contributed by atoms with Crippen LogP contribution in [0.3, 0.4) is 0 Å². The molecule has 1 heterocycles. The Morgan fingerprint density at radius 3 is 1.67 bits per heavy atom. The molecule has 0 unspecified atom stereocenters. The summed E-state index contributed by atoms with van der Waals surface area (Å²) in [6, 6.07) is 0.262. The maximum absolute atomic E-state index is 11.8. The third-order valence-electron chi connectivity index (χ3n) is 3.90. The second-order valence-electron chi connectivity index (χ2n) is 9.55. The second-order valence-corrected chi connectivity index (χ2v) is 9.55. The van der Waals surface area contributed by atoms with Crippen LogP contribution in [-0.4, -0.2) is 72.2 Å². The molecule has 8 nitrogen and oxygen atoms in total. The number of β-amino-alcohol motifs (C(OH)–C–C–N with tert-alkyl or cyclic N) is 1. The number of aliphatic hydroxyl groups excluding tert-OH is 1. The highest BCUT2D eigenvalue weighted by atomic mass is 16.6. The number of hydrogen-bond donors (Lipinski definition) is 3. The molecule has 3 N–H and O–H groups in total. The van der Waals surface area contributed by atoms with Crippen LogP contribution in [0.1, 0.15) is 123 Å². The molecule has 43 heavy (non-hydrogen) atoms. The molecule has 1 aliphatic carbocycles. The molecule has 0 spiro atoms. The molecule has 1 aliphatic heterocycles. The fraction of sp³-hybridized carbons (Fsp3) is 0.743. The van der Waals surface area contributed by atoms with Crippen LogP contribution < -0.4 is 10.6 Å². The summed E-state index contributed by atoms with van der Waals surface area (Å²) in [6.45, 7) is 32.9. The Kier molecular flexibility index (Phi) is 57.3. The molecule has 0 aromatic carbocycles. The van der Waals surface area contributed by atoms with E-state index in [0.717, 1.165) is 12.0 Å². The first-order valence-electron chi connectivity index (χ1n) is 15.9. The zero-order valence-electron chi connectivity index (χ0n) is 31.0. The molecule has 8 heteroatoms. The van der Waals surface area contributed by atoms with Crippen LogP contribution in [0.4, 0.5) is 4.79 Å². The number of alkyl carbamates (subject to hydrolysis) is 1. The minimum Gasteiger partial charge on any atom is -0.444 e. The van der Waals surface area contributed by atoms with Crippen LogP contribution in [0, 0.1) is 18.8 Å². The summed E-state index contributed by atoms with van der Waals surface area (Å²) >= 11 is 0. The van der Waals surface area contributed by atoms with E-state index in [0.29, 0.717) is 6.29 Å². The van der Waals surface area contributed by atoms with E-state index in [9.17, 15) is 19.5 Å². The number of hydrogen-bond acceptors (Lipinski definition) is 6. The molecule has 2 atom stereocenters. The van der Waals surface area contributed by atoms with Gasteiger partial charge in [-0.05, 0) is 53.5 Å². The summed E-state index contributed by atoms with van der Waals surface area (Å²) in [5, 5.41) is 14.9. The van der Waals surface area contributed by atoms with E-state index < -0.39 is 29.7 Å². The highest BCUT2D eigenvalue weighted by molar-refractivity contribution is 5.85. The minimum absolute atomic E-state index is 0.109. The van der Waals surface area contributed by atoms with Crippen LogP contribution in [0.5, 0.6) is 0 Å². The van der Waals surface area contributed by atoms with Crippen molar-refractivity contribution in [3.05, 3.63) is 24.8 Å². The van der Waals surface area contributed by atoms with Gasteiger partial charge in [-0.25, -0.2) is 4.79 Å². The van der Waals surface area contributed by atoms with E-state index >= 15 is 0 Å². The van der Waals surface area contributed by atoms with E-state index in [1.807, 2.05) is 81.5 Å². The lowest BCUT2D eigenvalue weighted by molar-refractivity contribution is -0.133. The number of carbonyl (C=O) groups is 3. The number of nitrogens with zero attached hydrogens (tertiary/aromatic N) is 1. The highest BCUT2D eigenvalue weighted by Gasteiger charge is 2.34. The van der Waals surface area contributed by atoms with Crippen molar-refractivity contribution in [3.63, 3.8) is 0 Å². The lowest BCUT2D eigenvalue weighted by Crippen LogP contribution is -2.44. The molecule has 1 saturated heterocycles. The van der Waals surface area contributed by atoms with Crippen molar-refractivity contribution in [3.8, 4) is 12.8 Å². The van der Waals surface area contributed by atoms with Gasteiger partial charge in [0.15, 0.2) is 0 Å². The Bertz CT molecular complexity index is 634. The fourth-order valence-electron chi connectivity index (χ4n) is 2.33.